The molecule has 1 atom stereocenters. The first-order valence-corrected chi connectivity index (χ1v) is 8.98. The van der Waals surface area contributed by atoms with Crippen LogP contribution in [0.1, 0.15) is 30.8 Å². The van der Waals surface area contributed by atoms with E-state index in [9.17, 15) is 14.4 Å². The van der Waals surface area contributed by atoms with E-state index in [0.29, 0.717) is 16.7 Å². The standard InChI is InChI=1S/C21H22N4O3/c1-14(26)22-18(15-8-4-3-5-9-15)12-20(27)25(2)13-19-23-17-11-7-6-10-16(17)21(28)24-19/h3-11,18H,12-13H2,1-2H3,(H,22,26)(H,23,24,28). The minimum absolute atomic E-state index is 0.109. The summed E-state index contributed by atoms with van der Waals surface area (Å²) in [6, 6.07) is 16.0. The van der Waals surface area contributed by atoms with Crippen LogP contribution in [0.4, 0.5) is 0 Å². The highest BCUT2D eigenvalue weighted by Gasteiger charge is 2.20. The molecule has 7 heteroatoms. The van der Waals surface area contributed by atoms with E-state index in [1.54, 1.807) is 25.2 Å². The topological polar surface area (TPSA) is 95.2 Å². The molecule has 2 amide bonds. The van der Waals surface area contributed by atoms with Crippen LogP contribution in [0.25, 0.3) is 10.9 Å². The van der Waals surface area contributed by atoms with Gasteiger partial charge in [0.25, 0.3) is 5.56 Å². The first-order chi connectivity index (χ1) is 13.4. The highest BCUT2D eigenvalue weighted by atomic mass is 16.2. The number of hydrogen-bond donors (Lipinski definition) is 2. The smallest absolute Gasteiger partial charge is 0.258 e. The number of carbonyl (C=O) groups is 2. The van der Waals surface area contributed by atoms with Crippen molar-refractivity contribution in [3.05, 3.63) is 76.3 Å². The number of benzene rings is 2. The average Bonchev–Trinajstić information content (AvgIpc) is 2.67. The zero-order valence-electron chi connectivity index (χ0n) is 15.8. The molecule has 0 saturated carbocycles. The van der Waals surface area contributed by atoms with Crippen LogP contribution >= 0.6 is 0 Å². The van der Waals surface area contributed by atoms with E-state index in [4.69, 9.17) is 0 Å². The van der Waals surface area contributed by atoms with Crippen LogP contribution in [0.2, 0.25) is 0 Å². The van der Waals surface area contributed by atoms with Crippen molar-refractivity contribution in [2.24, 2.45) is 0 Å². The molecule has 0 spiro atoms. The lowest BCUT2D eigenvalue weighted by molar-refractivity contribution is -0.131. The quantitative estimate of drug-likeness (QED) is 0.687. The van der Waals surface area contributed by atoms with Crippen molar-refractivity contribution >= 4 is 22.7 Å². The summed E-state index contributed by atoms with van der Waals surface area (Å²) in [6.45, 7) is 1.59. The first kappa shape index (κ1) is 19.3. The van der Waals surface area contributed by atoms with Gasteiger partial charge >= 0.3 is 0 Å². The van der Waals surface area contributed by atoms with E-state index >= 15 is 0 Å². The zero-order valence-corrected chi connectivity index (χ0v) is 15.8. The Labute approximate surface area is 162 Å². The Kier molecular flexibility index (Phi) is 5.84. The molecular weight excluding hydrogens is 356 g/mol. The van der Waals surface area contributed by atoms with E-state index in [-0.39, 0.29) is 30.3 Å². The third kappa shape index (κ3) is 4.62. The molecule has 3 aromatic rings. The largest absolute Gasteiger partial charge is 0.349 e. The molecule has 2 aromatic carbocycles. The van der Waals surface area contributed by atoms with E-state index < -0.39 is 6.04 Å². The molecule has 144 valence electrons. The van der Waals surface area contributed by atoms with Crippen LogP contribution in [-0.4, -0.2) is 33.7 Å². The lowest BCUT2D eigenvalue weighted by Crippen LogP contribution is -2.34. The molecule has 1 aromatic heterocycles. The van der Waals surface area contributed by atoms with E-state index in [1.807, 2.05) is 36.4 Å². The number of hydrogen-bond acceptors (Lipinski definition) is 4. The normalized spacial score (nSPS) is 11.8. The molecule has 3 rings (SSSR count). The molecule has 2 N–H and O–H groups in total. The highest BCUT2D eigenvalue weighted by Crippen LogP contribution is 2.18. The molecule has 0 aliphatic carbocycles. The fourth-order valence-electron chi connectivity index (χ4n) is 3.04. The number of rotatable bonds is 6. The molecule has 1 heterocycles. The Morgan fingerprint density at radius 2 is 1.79 bits per heavy atom. The lowest BCUT2D eigenvalue weighted by Gasteiger charge is -2.22. The molecule has 1 unspecified atom stereocenters. The van der Waals surface area contributed by atoms with Gasteiger partial charge in [0.1, 0.15) is 5.82 Å². The van der Waals surface area contributed by atoms with Crippen molar-refractivity contribution in [1.82, 2.24) is 20.2 Å². The minimum atomic E-state index is -0.419. The molecule has 0 aliphatic heterocycles. The van der Waals surface area contributed by atoms with Crippen molar-refractivity contribution in [2.45, 2.75) is 25.9 Å². The Balaban J connectivity index is 1.74. The predicted molar refractivity (Wildman–Crippen MR) is 106 cm³/mol. The maximum absolute atomic E-state index is 12.7. The number of H-pyrrole nitrogens is 1. The second-order valence-electron chi connectivity index (χ2n) is 6.65. The van der Waals surface area contributed by atoms with Gasteiger partial charge in [0.2, 0.25) is 11.8 Å². The molecule has 0 fully saturated rings. The predicted octanol–water partition coefficient (Wildman–Crippen LogP) is 2.15. The fourth-order valence-corrected chi connectivity index (χ4v) is 3.04. The Bertz CT molecular complexity index is 1050. The SMILES string of the molecule is CC(=O)NC(CC(=O)N(C)Cc1nc2ccccc2c(=O)[nH]1)c1ccccc1. The number of nitrogens with zero attached hydrogens (tertiary/aromatic N) is 2. The van der Waals surface area contributed by atoms with E-state index in [0.717, 1.165) is 5.56 Å². The Morgan fingerprint density at radius 1 is 1.11 bits per heavy atom. The van der Waals surface area contributed by atoms with Gasteiger partial charge < -0.3 is 15.2 Å². The van der Waals surface area contributed by atoms with Crippen LogP contribution in [-0.2, 0) is 16.1 Å². The van der Waals surface area contributed by atoms with Gasteiger partial charge in [0.05, 0.1) is 29.9 Å². The maximum atomic E-state index is 12.7. The average molecular weight is 378 g/mol. The monoisotopic (exact) mass is 378 g/mol. The van der Waals surface area contributed by atoms with Crippen LogP contribution in [0.15, 0.2) is 59.4 Å². The van der Waals surface area contributed by atoms with Crippen molar-refractivity contribution < 1.29 is 9.59 Å². The Morgan fingerprint density at radius 3 is 2.50 bits per heavy atom. The number of nitrogens with one attached hydrogen (secondary N) is 2. The van der Waals surface area contributed by atoms with Gasteiger partial charge in [-0.05, 0) is 17.7 Å². The van der Waals surface area contributed by atoms with E-state index in [1.165, 1.54) is 11.8 Å². The number of carbonyl (C=O) groups excluding carboxylic acids is 2. The van der Waals surface area contributed by atoms with Crippen molar-refractivity contribution in [3.8, 4) is 0 Å². The minimum Gasteiger partial charge on any atom is -0.349 e. The van der Waals surface area contributed by atoms with Crippen molar-refractivity contribution in [2.75, 3.05) is 7.05 Å². The van der Waals surface area contributed by atoms with Gasteiger partial charge in [0, 0.05) is 14.0 Å². The summed E-state index contributed by atoms with van der Waals surface area (Å²) >= 11 is 0. The summed E-state index contributed by atoms with van der Waals surface area (Å²) in [5.74, 6) is 0.0404. The molecule has 0 aliphatic rings. The highest BCUT2D eigenvalue weighted by molar-refractivity contribution is 5.79. The molecule has 0 bridgehead atoms. The van der Waals surface area contributed by atoms with Crippen LogP contribution in [0.3, 0.4) is 0 Å². The number of para-hydroxylation sites is 1. The first-order valence-electron chi connectivity index (χ1n) is 8.98. The second-order valence-corrected chi connectivity index (χ2v) is 6.65. The fraction of sp³-hybridized carbons (Fsp3) is 0.238. The number of aromatic nitrogens is 2. The molecule has 7 nitrogen and oxygen atoms in total. The number of fused-ring (bicyclic) bond motifs is 1. The maximum Gasteiger partial charge on any atom is 0.258 e. The van der Waals surface area contributed by atoms with Crippen molar-refractivity contribution in [3.63, 3.8) is 0 Å². The molecule has 0 radical (unpaired) electrons. The molecule has 28 heavy (non-hydrogen) atoms. The Hall–Kier alpha value is -3.48. The summed E-state index contributed by atoms with van der Waals surface area (Å²) in [5.41, 5.74) is 1.21. The van der Waals surface area contributed by atoms with E-state index in [2.05, 4.69) is 15.3 Å². The van der Waals surface area contributed by atoms with Gasteiger partial charge in [-0.25, -0.2) is 4.98 Å². The van der Waals surface area contributed by atoms with Crippen LogP contribution < -0.4 is 10.9 Å². The number of aromatic amines is 1. The van der Waals surface area contributed by atoms with Crippen LogP contribution in [0.5, 0.6) is 0 Å². The number of amides is 2. The third-order valence-corrected chi connectivity index (χ3v) is 4.43. The van der Waals surface area contributed by atoms with Gasteiger partial charge in [0.15, 0.2) is 0 Å². The second kappa shape index (κ2) is 8.47. The van der Waals surface area contributed by atoms with Gasteiger partial charge in [-0.15, -0.1) is 0 Å². The van der Waals surface area contributed by atoms with Crippen LogP contribution in [0, 0.1) is 0 Å². The summed E-state index contributed by atoms with van der Waals surface area (Å²) in [5, 5.41) is 3.33. The van der Waals surface area contributed by atoms with Gasteiger partial charge in [-0.1, -0.05) is 42.5 Å². The van der Waals surface area contributed by atoms with Crippen molar-refractivity contribution in [1.29, 1.82) is 0 Å². The molecule has 0 saturated heterocycles. The summed E-state index contributed by atoms with van der Waals surface area (Å²) in [7, 11) is 1.65. The van der Waals surface area contributed by atoms with Gasteiger partial charge in [-0.3, -0.25) is 14.4 Å². The zero-order chi connectivity index (χ0) is 20.1. The summed E-state index contributed by atoms with van der Waals surface area (Å²) in [4.78, 5) is 45.1. The summed E-state index contributed by atoms with van der Waals surface area (Å²) in [6.07, 6.45) is 0.109. The molecular formula is C21H22N4O3. The third-order valence-electron chi connectivity index (χ3n) is 4.43. The lowest BCUT2D eigenvalue weighted by atomic mass is 10.0. The van der Waals surface area contributed by atoms with Gasteiger partial charge in [-0.2, -0.15) is 0 Å². The summed E-state index contributed by atoms with van der Waals surface area (Å²) < 4.78 is 0.